The van der Waals surface area contributed by atoms with E-state index in [2.05, 4.69) is 10.5 Å². The minimum Gasteiger partial charge on any atom is -0.361 e. The highest BCUT2D eigenvalue weighted by Gasteiger charge is 2.10. The highest BCUT2D eigenvalue weighted by atomic mass is 19.1. The van der Waals surface area contributed by atoms with E-state index < -0.39 is 5.82 Å². The molecule has 2 aromatic rings. The van der Waals surface area contributed by atoms with Gasteiger partial charge in [0.25, 0.3) is 5.91 Å². The first kappa shape index (κ1) is 13.3. The Labute approximate surface area is 110 Å². The lowest BCUT2D eigenvalue weighted by atomic mass is 10.1. The Kier molecular flexibility index (Phi) is 3.94. The number of benzene rings is 1. The van der Waals surface area contributed by atoms with Gasteiger partial charge in [-0.05, 0) is 38.5 Å². The number of halogens is 1. The van der Waals surface area contributed by atoms with Gasteiger partial charge in [-0.3, -0.25) is 4.79 Å². The molecule has 0 spiro atoms. The zero-order chi connectivity index (χ0) is 13.8. The molecule has 5 heteroatoms. The standard InChI is InChI=1S/C14H15FN2O2/c1-9-13(10(2)19-17-9)6-7-16-14(18)11-4-3-5-12(15)8-11/h3-5,8H,6-7H2,1-2H3,(H,16,18). The van der Waals surface area contributed by atoms with Crippen molar-refractivity contribution in [1.82, 2.24) is 10.5 Å². The number of carbonyl (C=O) groups excluding carboxylic acids is 1. The van der Waals surface area contributed by atoms with Gasteiger partial charge in [0.2, 0.25) is 0 Å². The molecule has 100 valence electrons. The van der Waals surface area contributed by atoms with Gasteiger partial charge in [-0.2, -0.15) is 0 Å². The molecule has 0 saturated carbocycles. The summed E-state index contributed by atoms with van der Waals surface area (Å²) in [4.78, 5) is 11.8. The van der Waals surface area contributed by atoms with Crippen molar-refractivity contribution in [1.29, 1.82) is 0 Å². The van der Waals surface area contributed by atoms with Crippen LogP contribution in [-0.4, -0.2) is 17.6 Å². The van der Waals surface area contributed by atoms with Crippen LogP contribution in [0.4, 0.5) is 4.39 Å². The zero-order valence-electron chi connectivity index (χ0n) is 10.9. The molecule has 0 aliphatic carbocycles. The van der Waals surface area contributed by atoms with Crippen molar-refractivity contribution in [3.8, 4) is 0 Å². The third kappa shape index (κ3) is 3.19. The molecule has 0 saturated heterocycles. The predicted molar refractivity (Wildman–Crippen MR) is 68.4 cm³/mol. The molecule has 1 heterocycles. The normalized spacial score (nSPS) is 10.5. The molecule has 1 N–H and O–H groups in total. The summed E-state index contributed by atoms with van der Waals surface area (Å²) in [6.07, 6.45) is 0.641. The Morgan fingerprint density at radius 3 is 2.84 bits per heavy atom. The molecule has 1 amide bonds. The number of rotatable bonds is 4. The van der Waals surface area contributed by atoms with Crippen LogP contribution in [-0.2, 0) is 6.42 Å². The first-order valence-electron chi connectivity index (χ1n) is 6.03. The Morgan fingerprint density at radius 1 is 1.42 bits per heavy atom. The number of aryl methyl sites for hydroxylation is 2. The number of nitrogens with one attached hydrogen (secondary N) is 1. The molecular formula is C14H15FN2O2. The summed E-state index contributed by atoms with van der Waals surface area (Å²) in [5, 5.41) is 6.59. The molecule has 0 unspecified atom stereocenters. The molecular weight excluding hydrogens is 247 g/mol. The van der Waals surface area contributed by atoms with Crippen LogP contribution >= 0.6 is 0 Å². The molecule has 0 aliphatic rings. The van der Waals surface area contributed by atoms with Crippen molar-refractivity contribution in [2.75, 3.05) is 6.54 Å². The van der Waals surface area contributed by atoms with E-state index in [1.807, 2.05) is 13.8 Å². The van der Waals surface area contributed by atoms with Gasteiger partial charge >= 0.3 is 0 Å². The third-order valence-electron chi connectivity index (χ3n) is 2.93. The Bertz CT molecular complexity index is 573. The van der Waals surface area contributed by atoms with Gasteiger partial charge in [-0.1, -0.05) is 11.2 Å². The molecule has 2 rings (SSSR count). The van der Waals surface area contributed by atoms with Gasteiger partial charge in [0.05, 0.1) is 5.69 Å². The summed E-state index contributed by atoms with van der Waals surface area (Å²) in [5.41, 5.74) is 2.15. The van der Waals surface area contributed by atoms with Crippen molar-refractivity contribution >= 4 is 5.91 Å². The quantitative estimate of drug-likeness (QED) is 0.920. The average molecular weight is 262 g/mol. The summed E-state index contributed by atoms with van der Waals surface area (Å²) < 4.78 is 18.0. The summed E-state index contributed by atoms with van der Waals surface area (Å²) >= 11 is 0. The molecule has 4 nitrogen and oxygen atoms in total. The fourth-order valence-corrected chi connectivity index (χ4v) is 1.89. The van der Waals surface area contributed by atoms with Crippen LogP contribution in [0.5, 0.6) is 0 Å². The van der Waals surface area contributed by atoms with E-state index in [0.717, 1.165) is 17.0 Å². The van der Waals surface area contributed by atoms with Crippen molar-refractivity contribution in [3.05, 3.63) is 52.7 Å². The molecule has 0 bridgehead atoms. The maximum Gasteiger partial charge on any atom is 0.251 e. The second-order valence-electron chi connectivity index (χ2n) is 4.32. The lowest BCUT2D eigenvalue weighted by molar-refractivity contribution is 0.0953. The smallest absolute Gasteiger partial charge is 0.251 e. The molecule has 19 heavy (non-hydrogen) atoms. The Morgan fingerprint density at radius 2 is 2.21 bits per heavy atom. The van der Waals surface area contributed by atoms with Crippen LogP contribution in [0.2, 0.25) is 0 Å². The van der Waals surface area contributed by atoms with Crippen LogP contribution in [0.1, 0.15) is 27.4 Å². The minimum atomic E-state index is -0.418. The number of hydrogen-bond donors (Lipinski definition) is 1. The van der Waals surface area contributed by atoms with E-state index in [1.165, 1.54) is 18.2 Å². The summed E-state index contributed by atoms with van der Waals surface area (Å²) in [5.74, 6) is 0.0575. The SMILES string of the molecule is Cc1noc(C)c1CCNC(=O)c1cccc(F)c1. The summed E-state index contributed by atoms with van der Waals surface area (Å²) in [6.45, 7) is 4.15. The van der Waals surface area contributed by atoms with Crippen LogP contribution in [0.25, 0.3) is 0 Å². The number of amides is 1. The number of hydrogen-bond acceptors (Lipinski definition) is 3. The van der Waals surface area contributed by atoms with E-state index in [-0.39, 0.29) is 5.91 Å². The highest BCUT2D eigenvalue weighted by molar-refractivity contribution is 5.94. The molecule has 1 aromatic carbocycles. The molecule has 0 aliphatic heterocycles. The second-order valence-corrected chi connectivity index (χ2v) is 4.32. The maximum absolute atomic E-state index is 13.0. The third-order valence-corrected chi connectivity index (χ3v) is 2.93. The molecule has 0 atom stereocenters. The average Bonchev–Trinajstić information content (AvgIpc) is 2.70. The number of nitrogens with zero attached hydrogens (tertiary/aromatic N) is 1. The fourth-order valence-electron chi connectivity index (χ4n) is 1.89. The first-order valence-corrected chi connectivity index (χ1v) is 6.03. The number of carbonyl (C=O) groups is 1. The Balaban J connectivity index is 1.91. The van der Waals surface area contributed by atoms with Crippen LogP contribution in [0.3, 0.4) is 0 Å². The second kappa shape index (κ2) is 5.65. The maximum atomic E-state index is 13.0. The highest BCUT2D eigenvalue weighted by Crippen LogP contribution is 2.12. The Hall–Kier alpha value is -2.17. The van der Waals surface area contributed by atoms with E-state index in [1.54, 1.807) is 6.07 Å². The predicted octanol–water partition coefficient (Wildman–Crippen LogP) is 2.40. The van der Waals surface area contributed by atoms with Crippen LogP contribution in [0, 0.1) is 19.7 Å². The first-order chi connectivity index (χ1) is 9.08. The van der Waals surface area contributed by atoms with E-state index in [0.29, 0.717) is 18.5 Å². The molecule has 1 aromatic heterocycles. The summed E-state index contributed by atoms with van der Waals surface area (Å²) in [6, 6.07) is 5.61. The van der Waals surface area contributed by atoms with Crippen molar-refractivity contribution in [3.63, 3.8) is 0 Å². The van der Waals surface area contributed by atoms with Crippen LogP contribution < -0.4 is 5.32 Å². The van der Waals surface area contributed by atoms with Gasteiger partial charge < -0.3 is 9.84 Å². The van der Waals surface area contributed by atoms with Gasteiger partial charge in [0.1, 0.15) is 11.6 Å². The molecule has 0 fully saturated rings. The van der Waals surface area contributed by atoms with Gasteiger partial charge in [0.15, 0.2) is 0 Å². The zero-order valence-corrected chi connectivity index (χ0v) is 10.9. The monoisotopic (exact) mass is 262 g/mol. The number of aromatic nitrogens is 1. The minimum absolute atomic E-state index is 0.286. The lowest BCUT2D eigenvalue weighted by Crippen LogP contribution is -2.25. The van der Waals surface area contributed by atoms with Crippen molar-refractivity contribution < 1.29 is 13.7 Å². The van der Waals surface area contributed by atoms with Gasteiger partial charge in [0, 0.05) is 17.7 Å². The summed E-state index contributed by atoms with van der Waals surface area (Å²) in [7, 11) is 0. The van der Waals surface area contributed by atoms with E-state index in [4.69, 9.17) is 4.52 Å². The van der Waals surface area contributed by atoms with Crippen molar-refractivity contribution in [2.24, 2.45) is 0 Å². The lowest BCUT2D eigenvalue weighted by Gasteiger charge is -2.05. The van der Waals surface area contributed by atoms with Gasteiger partial charge in [-0.15, -0.1) is 0 Å². The molecule has 0 radical (unpaired) electrons. The van der Waals surface area contributed by atoms with Crippen LogP contribution in [0.15, 0.2) is 28.8 Å². The largest absolute Gasteiger partial charge is 0.361 e. The fraction of sp³-hybridized carbons (Fsp3) is 0.286. The van der Waals surface area contributed by atoms with E-state index in [9.17, 15) is 9.18 Å². The topological polar surface area (TPSA) is 55.1 Å². The van der Waals surface area contributed by atoms with Crippen molar-refractivity contribution in [2.45, 2.75) is 20.3 Å². The van der Waals surface area contributed by atoms with E-state index >= 15 is 0 Å². The van der Waals surface area contributed by atoms with Gasteiger partial charge in [-0.25, -0.2) is 4.39 Å².